The van der Waals surface area contributed by atoms with Crippen molar-refractivity contribution in [3.8, 4) is 0 Å². The maximum absolute atomic E-state index is 7.75. The van der Waals surface area contributed by atoms with Crippen LogP contribution >= 0.6 is 11.8 Å². The van der Waals surface area contributed by atoms with Crippen LogP contribution in [0.25, 0.3) is 0 Å². The van der Waals surface area contributed by atoms with Crippen LogP contribution in [0.3, 0.4) is 0 Å². The van der Waals surface area contributed by atoms with Gasteiger partial charge in [-0.2, -0.15) is 11.8 Å². The second-order valence-corrected chi connectivity index (χ2v) is 3.06. The molecule has 0 amide bonds. The Morgan fingerprint density at radius 1 is 1.33 bits per heavy atom. The zero-order valence-electron chi connectivity index (χ0n) is 5.68. The zero-order chi connectivity index (χ0) is 6.95. The van der Waals surface area contributed by atoms with E-state index in [1.54, 1.807) is 0 Å². The molecule has 56 valence electrons. The van der Waals surface area contributed by atoms with Crippen molar-refractivity contribution >= 4 is 11.8 Å². The molecule has 0 unspecified atom stereocenters. The van der Waals surface area contributed by atoms with Gasteiger partial charge in [-0.3, -0.25) is 0 Å². The van der Waals surface area contributed by atoms with Crippen LogP contribution in [-0.2, 0) is 0 Å². The normalized spacial score (nSPS) is 16.7. The van der Waals surface area contributed by atoms with E-state index in [1.165, 1.54) is 24.3 Å². The monoisotopic (exact) mass is 149 g/mol. The van der Waals surface area contributed by atoms with E-state index < -0.39 is 0 Å². The lowest BCUT2D eigenvalue weighted by Gasteiger charge is -1.71. The fourth-order valence-corrected chi connectivity index (χ4v) is 1.53. The van der Waals surface area contributed by atoms with Gasteiger partial charge in [0.15, 0.2) is 0 Å². The second-order valence-electron chi connectivity index (χ2n) is 1.83. The van der Waals surface area contributed by atoms with E-state index in [2.05, 4.69) is 11.8 Å². The van der Waals surface area contributed by atoms with E-state index in [-0.39, 0.29) is 6.61 Å². The predicted molar refractivity (Wildman–Crippen MR) is 42.7 cm³/mol. The fourth-order valence-electron chi connectivity index (χ4n) is 0.510. The molecule has 1 aliphatic rings. The molecule has 0 radical (unpaired) electrons. The average molecular weight is 149 g/mol. The summed E-state index contributed by atoms with van der Waals surface area (Å²) in [5.41, 5.74) is 4.78. The standard InChI is InChI=1S/C4H8S.C2H7NO/c1-2-4-5-3-1;3-1-2-4/h1-4H2;4H,1-3H2. The summed E-state index contributed by atoms with van der Waals surface area (Å²) in [5, 5.41) is 7.75. The first kappa shape index (κ1) is 9.27. The number of aliphatic hydroxyl groups is 1. The highest BCUT2D eigenvalue weighted by Gasteiger charge is 1.95. The topological polar surface area (TPSA) is 46.2 Å². The third-order valence-electron chi connectivity index (χ3n) is 0.956. The molecule has 0 atom stereocenters. The minimum Gasteiger partial charge on any atom is -0.395 e. The van der Waals surface area contributed by atoms with Gasteiger partial charge in [-0.1, -0.05) is 0 Å². The minimum atomic E-state index is 0.0972. The van der Waals surface area contributed by atoms with Crippen molar-refractivity contribution in [1.29, 1.82) is 0 Å². The quantitative estimate of drug-likeness (QED) is 0.569. The van der Waals surface area contributed by atoms with Gasteiger partial charge in [0.2, 0.25) is 0 Å². The number of hydrogen-bond donors (Lipinski definition) is 2. The van der Waals surface area contributed by atoms with Gasteiger partial charge in [-0.15, -0.1) is 0 Å². The summed E-state index contributed by atoms with van der Waals surface area (Å²) in [7, 11) is 0. The first-order chi connectivity index (χ1) is 4.41. The molecule has 3 heteroatoms. The maximum atomic E-state index is 7.75. The van der Waals surface area contributed by atoms with Crippen molar-refractivity contribution in [2.75, 3.05) is 24.7 Å². The van der Waals surface area contributed by atoms with Gasteiger partial charge in [-0.05, 0) is 24.3 Å². The third-order valence-corrected chi connectivity index (χ3v) is 2.11. The summed E-state index contributed by atoms with van der Waals surface area (Å²) in [6.45, 7) is 0.472. The Kier molecular flexibility index (Phi) is 8.52. The van der Waals surface area contributed by atoms with E-state index >= 15 is 0 Å². The number of aliphatic hydroxyl groups excluding tert-OH is 1. The van der Waals surface area contributed by atoms with Crippen molar-refractivity contribution in [2.45, 2.75) is 12.8 Å². The van der Waals surface area contributed by atoms with Crippen LogP contribution in [0.15, 0.2) is 0 Å². The molecular formula is C6H15NOS. The number of thioether (sulfide) groups is 1. The number of nitrogens with two attached hydrogens (primary N) is 1. The molecule has 0 bridgehead atoms. The highest BCUT2D eigenvalue weighted by molar-refractivity contribution is 7.99. The molecule has 1 saturated heterocycles. The molecule has 2 nitrogen and oxygen atoms in total. The van der Waals surface area contributed by atoms with Gasteiger partial charge >= 0.3 is 0 Å². The van der Waals surface area contributed by atoms with E-state index in [1.807, 2.05) is 0 Å². The summed E-state index contributed by atoms with van der Waals surface area (Å²) in [6.07, 6.45) is 2.93. The van der Waals surface area contributed by atoms with Gasteiger partial charge < -0.3 is 10.8 Å². The Labute approximate surface area is 60.8 Å². The van der Waals surface area contributed by atoms with E-state index in [0.29, 0.717) is 6.54 Å². The molecule has 1 aliphatic heterocycles. The molecule has 1 rings (SSSR count). The molecule has 9 heavy (non-hydrogen) atoms. The summed E-state index contributed by atoms with van der Waals surface area (Å²) in [6, 6.07) is 0. The molecule has 0 aromatic carbocycles. The zero-order valence-corrected chi connectivity index (χ0v) is 6.49. The molecular weight excluding hydrogens is 134 g/mol. The Hall–Kier alpha value is 0.270. The highest BCUT2D eigenvalue weighted by Crippen LogP contribution is 2.14. The van der Waals surface area contributed by atoms with E-state index in [4.69, 9.17) is 10.8 Å². The van der Waals surface area contributed by atoms with Crippen molar-refractivity contribution < 1.29 is 5.11 Å². The lowest BCUT2D eigenvalue weighted by Crippen LogP contribution is -2.02. The highest BCUT2D eigenvalue weighted by atomic mass is 32.2. The molecule has 0 aromatic heterocycles. The van der Waals surface area contributed by atoms with Crippen LogP contribution in [-0.4, -0.2) is 29.8 Å². The Morgan fingerprint density at radius 2 is 1.78 bits per heavy atom. The van der Waals surface area contributed by atoms with Crippen LogP contribution in [0.4, 0.5) is 0 Å². The second kappa shape index (κ2) is 8.27. The van der Waals surface area contributed by atoms with Crippen LogP contribution in [0.5, 0.6) is 0 Å². The Morgan fingerprint density at radius 3 is 1.89 bits per heavy atom. The van der Waals surface area contributed by atoms with Crippen LogP contribution in [0.2, 0.25) is 0 Å². The lowest BCUT2D eigenvalue weighted by molar-refractivity contribution is 0.306. The number of rotatable bonds is 1. The maximum Gasteiger partial charge on any atom is 0.0553 e. The van der Waals surface area contributed by atoms with Crippen molar-refractivity contribution in [3.63, 3.8) is 0 Å². The van der Waals surface area contributed by atoms with Crippen LogP contribution in [0.1, 0.15) is 12.8 Å². The lowest BCUT2D eigenvalue weighted by atomic mass is 10.4. The molecule has 3 N–H and O–H groups in total. The number of hydrogen-bond acceptors (Lipinski definition) is 3. The Bertz CT molecular complexity index is 38.7. The first-order valence-corrected chi connectivity index (χ1v) is 4.46. The van der Waals surface area contributed by atoms with Crippen molar-refractivity contribution in [1.82, 2.24) is 0 Å². The predicted octanol–water partition coefficient (Wildman–Crippen LogP) is 0.451. The first-order valence-electron chi connectivity index (χ1n) is 3.30. The van der Waals surface area contributed by atoms with Gasteiger partial charge in [0.25, 0.3) is 0 Å². The molecule has 1 fully saturated rings. The smallest absolute Gasteiger partial charge is 0.0553 e. The Balaban J connectivity index is 0.000000148. The molecule has 0 saturated carbocycles. The van der Waals surface area contributed by atoms with E-state index in [0.717, 1.165) is 0 Å². The fraction of sp³-hybridized carbons (Fsp3) is 1.00. The molecule has 0 aromatic rings. The SMILES string of the molecule is C1CCSC1.NCCO. The van der Waals surface area contributed by atoms with Gasteiger partial charge in [-0.25, -0.2) is 0 Å². The summed E-state index contributed by atoms with van der Waals surface area (Å²) >= 11 is 2.07. The van der Waals surface area contributed by atoms with Gasteiger partial charge in [0.1, 0.15) is 0 Å². The summed E-state index contributed by atoms with van der Waals surface area (Å²) in [4.78, 5) is 0. The van der Waals surface area contributed by atoms with Crippen molar-refractivity contribution in [3.05, 3.63) is 0 Å². The minimum absolute atomic E-state index is 0.0972. The van der Waals surface area contributed by atoms with Crippen LogP contribution < -0.4 is 5.73 Å². The van der Waals surface area contributed by atoms with Gasteiger partial charge in [0, 0.05) is 6.54 Å². The third kappa shape index (κ3) is 8.27. The summed E-state index contributed by atoms with van der Waals surface area (Å²) < 4.78 is 0. The van der Waals surface area contributed by atoms with Crippen molar-refractivity contribution in [2.24, 2.45) is 5.73 Å². The summed E-state index contributed by atoms with van der Waals surface area (Å²) in [5.74, 6) is 2.83. The molecule has 0 spiro atoms. The van der Waals surface area contributed by atoms with Crippen LogP contribution in [0, 0.1) is 0 Å². The average Bonchev–Trinajstić information content (AvgIpc) is 2.43. The molecule has 1 heterocycles. The molecule has 0 aliphatic carbocycles. The van der Waals surface area contributed by atoms with Gasteiger partial charge in [0.05, 0.1) is 6.61 Å². The van der Waals surface area contributed by atoms with E-state index in [9.17, 15) is 0 Å². The largest absolute Gasteiger partial charge is 0.395 e.